The van der Waals surface area contributed by atoms with Gasteiger partial charge in [0.1, 0.15) is 18.6 Å². The van der Waals surface area contributed by atoms with Gasteiger partial charge in [0.25, 0.3) is 5.91 Å². The van der Waals surface area contributed by atoms with E-state index in [0.29, 0.717) is 24.6 Å². The van der Waals surface area contributed by atoms with Crippen molar-refractivity contribution in [1.82, 2.24) is 10.4 Å². The Hall–Kier alpha value is -2.72. The summed E-state index contributed by atoms with van der Waals surface area (Å²) in [6.45, 7) is 4.95. The summed E-state index contributed by atoms with van der Waals surface area (Å²) in [4.78, 5) is 30.8. The van der Waals surface area contributed by atoms with Crippen LogP contribution in [0.4, 0.5) is 13.2 Å². The number of halogens is 3. The predicted molar refractivity (Wildman–Crippen MR) is 74.9 cm³/mol. The predicted octanol–water partition coefficient (Wildman–Crippen LogP) is -0.472. The first-order valence-electron chi connectivity index (χ1n) is 7.07. The number of carboxylic acids is 2. The number of hydrogen-bond donors (Lipinski definition) is 2. The molecule has 1 amide bonds. The van der Waals surface area contributed by atoms with E-state index in [1.165, 1.54) is 10.9 Å². The van der Waals surface area contributed by atoms with Crippen LogP contribution < -0.4 is 15.1 Å². The van der Waals surface area contributed by atoms with Gasteiger partial charge in [-0.15, -0.1) is 0 Å². The number of nitrogens with one attached hydrogen (secondary N) is 1. The number of nitrogens with zero attached hydrogens (tertiary/aromatic N) is 2. The fraction of sp³-hybridized carbons (Fsp3) is 0.500. The Morgan fingerprint density at radius 1 is 1.36 bits per heavy atom. The Kier molecular flexibility index (Phi) is 9.10. The largest absolute Gasteiger partial charge is 0.542 e. The van der Waals surface area contributed by atoms with Crippen molar-refractivity contribution in [2.45, 2.75) is 33.0 Å². The minimum absolute atomic E-state index is 0.0105. The van der Waals surface area contributed by atoms with Gasteiger partial charge < -0.3 is 20.3 Å². The molecule has 0 radical (unpaired) electrons. The van der Waals surface area contributed by atoms with E-state index in [2.05, 4.69) is 10.4 Å². The van der Waals surface area contributed by atoms with Crippen LogP contribution in [0.5, 0.6) is 0 Å². The molecule has 0 spiro atoms. The number of aromatic nitrogens is 2. The van der Waals surface area contributed by atoms with Gasteiger partial charge in [0.05, 0.1) is 5.56 Å². The molecule has 0 saturated heterocycles. The van der Waals surface area contributed by atoms with Crippen molar-refractivity contribution in [3.05, 3.63) is 24.0 Å². The molecule has 1 aromatic rings. The fourth-order valence-electron chi connectivity index (χ4n) is 1.26. The van der Waals surface area contributed by atoms with Crippen LogP contribution in [0.1, 0.15) is 30.6 Å². The summed E-state index contributed by atoms with van der Waals surface area (Å²) < 4.78 is 33.0. The topological polar surface area (TPSA) is 123 Å². The van der Waals surface area contributed by atoms with Crippen LogP contribution in [-0.4, -0.2) is 40.8 Å². The maximum Gasteiger partial charge on any atom is 0.430 e. The number of rotatable bonds is 6. The second-order valence-electron chi connectivity index (χ2n) is 5.21. The first-order valence-corrected chi connectivity index (χ1v) is 7.07. The van der Waals surface area contributed by atoms with Crippen LogP contribution in [-0.2, 0) is 16.1 Å². The highest BCUT2D eigenvalue weighted by Gasteiger charge is 2.28. The molecule has 1 aromatic heterocycles. The van der Waals surface area contributed by atoms with Gasteiger partial charge in [-0.2, -0.15) is 13.2 Å². The molecule has 0 atom stereocenters. The molecule has 0 aliphatic rings. The lowest BCUT2D eigenvalue weighted by Gasteiger charge is -2.06. The van der Waals surface area contributed by atoms with Crippen molar-refractivity contribution in [3.8, 4) is 0 Å². The lowest BCUT2D eigenvalue weighted by Crippen LogP contribution is -2.39. The lowest BCUT2D eigenvalue weighted by atomic mass is 10.2. The monoisotopic (exact) mass is 365 g/mol. The molecule has 1 rings (SSSR count). The molecule has 0 aromatic carbocycles. The van der Waals surface area contributed by atoms with Crippen molar-refractivity contribution in [3.63, 3.8) is 0 Å². The number of carboxylic acid groups (broad SMARTS) is 2. The number of amides is 1. The lowest BCUT2D eigenvalue weighted by molar-refractivity contribution is -0.753. The highest BCUT2D eigenvalue weighted by Crippen LogP contribution is 2.11. The molecule has 0 bridgehead atoms. The number of carbonyl (C=O) groups is 3. The van der Waals surface area contributed by atoms with Gasteiger partial charge in [-0.3, -0.25) is 9.59 Å². The summed E-state index contributed by atoms with van der Waals surface area (Å²) in [5.74, 6) is -3.65. The van der Waals surface area contributed by atoms with E-state index < -0.39 is 18.1 Å². The first-order chi connectivity index (χ1) is 11.4. The average Bonchev–Trinajstić information content (AvgIpc) is 2.50. The van der Waals surface area contributed by atoms with Crippen LogP contribution in [0, 0.1) is 5.92 Å². The molecule has 0 fully saturated rings. The summed E-state index contributed by atoms with van der Waals surface area (Å²) >= 11 is 0. The Morgan fingerprint density at radius 3 is 2.28 bits per heavy atom. The van der Waals surface area contributed by atoms with E-state index in [-0.39, 0.29) is 12.3 Å². The summed E-state index contributed by atoms with van der Waals surface area (Å²) in [5, 5.41) is 24.1. The molecule has 2 N–H and O–H groups in total. The number of aryl methyl sites for hydroxylation is 1. The number of carbonyl (C=O) groups excluding carboxylic acids is 2. The van der Waals surface area contributed by atoms with Crippen molar-refractivity contribution in [2.75, 3.05) is 6.54 Å². The molecule has 8 nitrogen and oxygen atoms in total. The first kappa shape index (κ1) is 22.3. The van der Waals surface area contributed by atoms with Crippen molar-refractivity contribution >= 4 is 17.8 Å². The molecule has 25 heavy (non-hydrogen) atoms. The van der Waals surface area contributed by atoms with Crippen molar-refractivity contribution in [1.29, 1.82) is 0 Å². The van der Waals surface area contributed by atoms with E-state index in [9.17, 15) is 22.8 Å². The molecule has 0 saturated carbocycles. The number of aliphatic carboxylic acids is 2. The molecule has 0 unspecified atom stereocenters. The summed E-state index contributed by atoms with van der Waals surface area (Å²) in [7, 11) is 0. The van der Waals surface area contributed by atoms with Crippen molar-refractivity contribution in [2.24, 2.45) is 5.92 Å². The fourth-order valence-corrected chi connectivity index (χ4v) is 1.26. The normalized spacial score (nSPS) is 10.6. The SMILES string of the molecule is CC(C)CNC(=O)c1cc[n+](CCC(=O)O)nc1.O=C([O-])C(F)(F)F. The molecule has 0 aliphatic heterocycles. The van der Waals surface area contributed by atoms with E-state index in [1.54, 1.807) is 12.3 Å². The summed E-state index contributed by atoms with van der Waals surface area (Å²) in [6, 6.07) is 1.63. The zero-order chi connectivity index (χ0) is 19.6. The van der Waals surface area contributed by atoms with E-state index in [4.69, 9.17) is 15.0 Å². The highest BCUT2D eigenvalue weighted by atomic mass is 19.4. The highest BCUT2D eigenvalue weighted by molar-refractivity contribution is 5.93. The van der Waals surface area contributed by atoms with Crippen LogP contribution in [0.25, 0.3) is 0 Å². The molecular weight excluding hydrogens is 347 g/mol. The third-order valence-electron chi connectivity index (χ3n) is 2.49. The third kappa shape index (κ3) is 10.6. The van der Waals surface area contributed by atoms with Crippen LogP contribution in [0.3, 0.4) is 0 Å². The third-order valence-corrected chi connectivity index (χ3v) is 2.49. The second-order valence-corrected chi connectivity index (χ2v) is 5.21. The smallest absolute Gasteiger partial charge is 0.430 e. The van der Waals surface area contributed by atoms with E-state index >= 15 is 0 Å². The van der Waals surface area contributed by atoms with Crippen LogP contribution in [0.15, 0.2) is 18.5 Å². The Morgan fingerprint density at radius 2 is 1.92 bits per heavy atom. The zero-order valence-electron chi connectivity index (χ0n) is 13.5. The van der Waals surface area contributed by atoms with Gasteiger partial charge in [-0.1, -0.05) is 18.5 Å². The van der Waals surface area contributed by atoms with E-state index in [0.717, 1.165) is 0 Å². The van der Waals surface area contributed by atoms with Crippen LogP contribution >= 0.6 is 0 Å². The second kappa shape index (κ2) is 10.2. The minimum Gasteiger partial charge on any atom is -0.542 e. The minimum atomic E-state index is -5.19. The zero-order valence-corrected chi connectivity index (χ0v) is 13.5. The molecule has 140 valence electrons. The maximum absolute atomic E-state index is 11.7. The number of hydrogen-bond acceptors (Lipinski definition) is 5. The molecule has 11 heteroatoms. The van der Waals surface area contributed by atoms with Crippen LogP contribution in [0.2, 0.25) is 0 Å². The van der Waals surface area contributed by atoms with Gasteiger partial charge in [-0.25, -0.2) is 0 Å². The maximum atomic E-state index is 11.7. The Bertz CT molecular complexity index is 588. The van der Waals surface area contributed by atoms with Gasteiger partial charge in [0, 0.05) is 12.6 Å². The van der Waals surface area contributed by atoms with Crippen molar-refractivity contribution < 1.29 is 42.4 Å². The van der Waals surface area contributed by atoms with E-state index in [1.807, 2.05) is 13.8 Å². The Labute approximate surface area is 141 Å². The van der Waals surface area contributed by atoms with Gasteiger partial charge in [0.15, 0.2) is 12.7 Å². The molecule has 1 heterocycles. The Balaban J connectivity index is 0.000000697. The standard InChI is InChI=1S/C12H17N3O3.C2HF3O2/c1-9(2)7-13-12(18)10-3-5-15(14-8-10)6-4-11(16)17;3-2(4,5)1(6)7/h3,5,8-9H,4,6-7H2,1-2H3,(H-,13,16,17,18);(H,6,7). The molecular formula is C14H18F3N3O5. The number of alkyl halides is 3. The van der Waals surface area contributed by atoms with Gasteiger partial charge >= 0.3 is 12.1 Å². The van der Waals surface area contributed by atoms with Gasteiger partial charge in [-0.05, 0) is 11.0 Å². The quantitative estimate of drug-likeness (QED) is 0.657. The summed E-state index contributed by atoms with van der Waals surface area (Å²) in [6.07, 6.45) is -2.14. The molecule has 0 aliphatic carbocycles. The average molecular weight is 365 g/mol. The summed E-state index contributed by atoms with van der Waals surface area (Å²) in [5.41, 5.74) is 0.474. The van der Waals surface area contributed by atoms with Gasteiger partial charge in [0.2, 0.25) is 0 Å².